The molecule has 0 saturated heterocycles. The Hall–Kier alpha value is -1.91. The molecule has 0 aliphatic carbocycles. The number of aryl methyl sites for hydroxylation is 1. The molecular formula is C15H13O3S-. The van der Waals surface area contributed by atoms with Crippen LogP contribution in [0.15, 0.2) is 53.4 Å². The summed E-state index contributed by atoms with van der Waals surface area (Å²) in [5.41, 5.74) is 2.50. The van der Waals surface area contributed by atoms with E-state index in [0.29, 0.717) is 5.56 Å². The van der Waals surface area contributed by atoms with Crippen LogP contribution < -0.4 is 0 Å². The third-order valence-electron chi connectivity index (χ3n) is 2.72. The van der Waals surface area contributed by atoms with Crippen LogP contribution in [0.25, 0.3) is 12.2 Å². The Kier molecular flexibility index (Phi) is 3.83. The van der Waals surface area contributed by atoms with E-state index in [0.717, 1.165) is 11.1 Å². The van der Waals surface area contributed by atoms with Gasteiger partial charge in [-0.15, -0.1) is 0 Å². The minimum Gasteiger partial charge on any atom is -0.744 e. The summed E-state index contributed by atoms with van der Waals surface area (Å²) in [6.45, 7) is 1.99. The van der Waals surface area contributed by atoms with Crippen molar-refractivity contribution in [1.29, 1.82) is 0 Å². The van der Waals surface area contributed by atoms with Crippen LogP contribution in [-0.4, -0.2) is 13.0 Å². The fourth-order valence-corrected chi connectivity index (χ4v) is 2.38. The summed E-state index contributed by atoms with van der Waals surface area (Å²) in [7, 11) is -4.45. The van der Waals surface area contributed by atoms with Gasteiger partial charge in [0, 0.05) is 0 Å². The highest BCUT2D eigenvalue weighted by Crippen LogP contribution is 2.18. The molecular weight excluding hydrogens is 260 g/mol. The largest absolute Gasteiger partial charge is 0.744 e. The fourth-order valence-electron chi connectivity index (χ4n) is 1.71. The highest BCUT2D eigenvalue weighted by atomic mass is 32.2. The van der Waals surface area contributed by atoms with E-state index >= 15 is 0 Å². The molecule has 0 saturated carbocycles. The summed E-state index contributed by atoms with van der Waals surface area (Å²) in [5, 5.41) is 0. The summed E-state index contributed by atoms with van der Waals surface area (Å²) >= 11 is 0. The van der Waals surface area contributed by atoms with E-state index in [1.54, 1.807) is 24.3 Å². The van der Waals surface area contributed by atoms with Crippen molar-refractivity contribution in [2.75, 3.05) is 0 Å². The molecule has 19 heavy (non-hydrogen) atoms. The van der Waals surface area contributed by atoms with Crippen molar-refractivity contribution in [3.63, 3.8) is 0 Å². The summed E-state index contributed by atoms with van der Waals surface area (Å²) in [6.07, 6.45) is 3.42. The molecule has 0 heterocycles. The van der Waals surface area contributed by atoms with Gasteiger partial charge in [0.1, 0.15) is 10.1 Å². The molecule has 0 spiro atoms. The summed E-state index contributed by atoms with van der Waals surface area (Å²) in [6, 6.07) is 14.0. The maximum absolute atomic E-state index is 11.1. The van der Waals surface area contributed by atoms with Crippen molar-refractivity contribution >= 4 is 22.3 Å². The lowest BCUT2D eigenvalue weighted by molar-refractivity contribution is 0.463. The van der Waals surface area contributed by atoms with Crippen LogP contribution in [0.1, 0.15) is 16.7 Å². The fraction of sp³-hybridized carbons (Fsp3) is 0.0667. The van der Waals surface area contributed by atoms with Gasteiger partial charge in [-0.25, -0.2) is 8.42 Å². The smallest absolute Gasteiger partial charge is 0.125 e. The molecule has 0 fully saturated rings. The monoisotopic (exact) mass is 273 g/mol. The van der Waals surface area contributed by atoms with Gasteiger partial charge >= 0.3 is 0 Å². The van der Waals surface area contributed by atoms with Gasteiger partial charge in [-0.1, -0.05) is 60.2 Å². The topological polar surface area (TPSA) is 57.2 Å². The molecule has 0 radical (unpaired) electrons. The molecule has 98 valence electrons. The minimum atomic E-state index is -4.45. The second-order valence-corrected chi connectivity index (χ2v) is 5.58. The van der Waals surface area contributed by atoms with Gasteiger partial charge in [0.2, 0.25) is 0 Å². The van der Waals surface area contributed by atoms with Gasteiger partial charge in [-0.2, -0.15) is 0 Å². The molecule has 0 atom stereocenters. The van der Waals surface area contributed by atoms with Crippen molar-refractivity contribution in [2.24, 2.45) is 0 Å². The molecule has 3 nitrogen and oxygen atoms in total. The van der Waals surface area contributed by atoms with Gasteiger partial charge in [0.25, 0.3) is 0 Å². The Labute approximate surface area is 113 Å². The van der Waals surface area contributed by atoms with Crippen molar-refractivity contribution in [3.8, 4) is 0 Å². The molecule has 0 aromatic heterocycles. The average molecular weight is 273 g/mol. The lowest BCUT2D eigenvalue weighted by Gasteiger charge is -2.09. The molecule has 0 N–H and O–H groups in total. The first-order valence-corrected chi connectivity index (χ1v) is 7.17. The van der Waals surface area contributed by atoms with Crippen LogP contribution >= 0.6 is 0 Å². The van der Waals surface area contributed by atoms with Gasteiger partial charge in [0.15, 0.2) is 0 Å². The number of hydrogen-bond acceptors (Lipinski definition) is 3. The minimum absolute atomic E-state index is 0.196. The second-order valence-electron chi connectivity index (χ2n) is 4.24. The van der Waals surface area contributed by atoms with E-state index in [2.05, 4.69) is 0 Å². The molecule has 0 amide bonds. The highest BCUT2D eigenvalue weighted by molar-refractivity contribution is 7.85. The van der Waals surface area contributed by atoms with Crippen LogP contribution in [0.4, 0.5) is 0 Å². The van der Waals surface area contributed by atoms with Crippen LogP contribution in [0.5, 0.6) is 0 Å². The normalized spacial score (nSPS) is 11.9. The summed E-state index contributed by atoms with van der Waals surface area (Å²) < 4.78 is 33.4. The van der Waals surface area contributed by atoms with Crippen molar-refractivity contribution < 1.29 is 13.0 Å². The Morgan fingerprint density at radius 3 is 2.21 bits per heavy atom. The Morgan fingerprint density at radius 2 is 1.58 bits per heavy atom. The third-order valence-corrected chi connectivity index (χ3v) is 3.63. The number of rotatable bonds is 3. The first-order valence-electron chi connectivity index (χ1n) is 5.76. The molecule has 0 unspecified atom stereocenters. The summed E-state index contributed by atoms with van der Waals surface area (Å²) in [5.74, 6) is 0. The first-order chi connectivity index (χ1) is 8.97. The molecule has 0 aliphatic heterocycles. The second kappa shape index (κ2) is 5.38. The van der Waals surface area contributed by atoms with Gasteiger partial charge < -0.3 is 4.55 Å². The predicted octanol–water partition coefficient (Wildman–Crippen LogP) is 3.07. The number of hydrogen-bond donors (Lipinski definition) is 0. The van der Waals surface area contributed by atoms with Crippen LogP contribution in [0, 0.1) is 6.92 Å². The van der Waals surface area contributed by atoms with E-state index in [-0.39, 0.29) is 4.90 Å². The SMILES string of the molecule is Cc1ccc(/C=C/c2ccccc2S(=O)(=O)[O-])cc1. The van der Waals surface area contributed by atoms with Gasteiger partial charge in [0.05, 0.1) is 4.90 Å². The van der Waals surface area contributed by atoms with Crippen LogP contribution in [-0.2, 0) is 10.1 Å². The van der Waals surface area contributed by atoms with Crippen LogP contribution in [0.2, 0.25) is 0 Å². The molecule has 2 rings (SSSR count). The maximum Gasteiger partial charge on any atom is 0.125 e. The Balaban J connectivity index is 2.36. The van der Waals surface area contributed by atoms with E-state index in [9.17, 15) is 13.0 Å². The zero-order valence-corrected chi connectivity index (χ0v) is 11.2. The molecule has 2 aromatic carbocycles. The predicted molar refractivity (Wildman–Crippen MR) is 74.5 cm³/mol. The Bertz CT molecular complexity index is 698. The highest BCUT2D eigenvalue weighted by Gasteiger charge is 2.04. The molecule has 2 aromatic rings. The molecule has 4 heteroatoms. The van der Waals surface area contributed by atoms with Crippen molar-refractivity contribution in [3.05, 3.63) is 65.2 Å². The maximum atomic E-state index is 11.1. The van der Waals surface area contributed by atoms with E-state index in [1.165, 1.54) is 12.1 Å². The Morgan fingerprint density at radius 1 is 0.947 bits per heavy atom. The molecule has 0 aliphatic rings. The van der Waals surface area contributed by atoms with E-state index in [4.69, 9.17) is 0 Å². The van der Waals surface area contributed by atoms with E-state index in [1.807, 2.05) is 31.2 Å². The van der Waals surface area contributed by atoms with Crippen molar-refractivity contribution in [2.45, 2.75) is 11.8 Å². The lowest BCUT2D eigenvalue weighted by atomic mass is 10.1. The molecule has 0 bridgehead atoms. The zero-order valence-electron chi connectivity index (χ0n) is 10.4. The quantitative estimate of drug-likeness (QED) is 0.638. The van der Waals surface area contributed by atoms with Gasteiger partial charge in [-0.3, -0.25) is 0 Å². The average Bonchev–Trinajstić information content (AvgIpc) is 2.37. The standard InChI is InChI=1S/C15H14O3S/c1-12-6-8-13(9-7-12)10-11-14-4-2-3-5-15(14)19(16,17)18/h2-11H,1H3,(H,16,17,18)/p-1/b11-10+. The number of benzene rings is 2. The van der Waals surface area contributed by atoms with E-state index < -0.39 is 10.1 Å². The van der Waals surface area contributed by atoms with Gasteiger partial charge in [-0.05, 0) is 24.1 Å². The first kappa shape index (κ1) is 13.5. The summed E-state index contributed by atoms with van der Waals surface area (Å²) in [4.78, 5) is -0.196. The lowest BCUT2D eigenvalue weighted by Crippen LogP contribution is -2.00. The zero-order chi connectivity index (χ0) is 13.9. The third kappa shape index (κ3) is 3.53. The van der Waals surface area contributed by atoms with Crippen molar-refractivity contribution in [1.82, 2.24) is 0 Å². The van der Waals surface area contributed by atoms with Crippen LogP contribution in [0.3, 0.4) is 0 Å².